The molecule has 4 rings (SSSR count). The Morgan fingerprint density at radius 3 is 2.69 bits per heavy atom. The number of nitrogens with zero attached hydrogens (tertiary/aromatic N) is 3. The number of carbonyl (C=O) groups is 1. The minimum absolute atomic E-state index is 0.0901. The molecular weight excluding hydrogens is 501 g/mol. The number of carbonyl (C=O) groups excluding carboxylic acids is 1. The SMILES string of the molecule is Cc1c(=O)n(Cc2ccc(Br)c(F)c2)c(=O)n2cc(C(=O)NCc3ccc(N)nc3)sc12. The van der Waals surface area contributed by atoms with E-state index >= 15 is 0 Å². The van der Waals surface area contributed by atoms with Crippen molar-refractivity contribution >= 4 is 43.8 Å². The average Bonchev–Trinajstić information content (AvgIpc) is 3.23. The van der Waals surface area contributed by atoms with Crippen molar-refractivity contribution in [3.63, 3.8) is 0 Å². The van der Waals surface area contributed by atoms with E-state index in [1.165, 1.54) is 22.7 Å². The van der Waals surface area contributed by atoms with Crippen LogP contribution < -0.4 is 22.3 Å². The van der Waals surface area contributed by atoms with Crippen molar-refractivity contribution < 1.29 is 9.18 Å². The number of rotatable bonds is 5. The number of fused-ring (bicyclic) bond motifs is 1. The van der Waals surface area contributed by atoms with Gasteiger partial charge in [-0.1, -0.05) is 12.1 Å². The number of amides is 1. The van der Waals surface area contributed by atoms with Crippen LogP contribution in [0.1, 0.15) is 26.4 Å². The first kappa shape index (κ1) is 21.9. The standard InChI is InChI=1S/C21H17BrFN5O3S/c1-11-19(30)27(9-12-2-4-14(22)15(23)6-12)21(31)28-10-16(32-20(11)28)18(29)26-8-13-3-5-17(24)25-7-13/h2-7,10H,8-9H2,1H3,(H2,24,25)(H,26,29). The maximum absolute atomic E-state index is 13.9. The summed E-state index contributed by atoms with van der Waals surface area (Å²) in [4.78, 5) is 43.0. The lowest BCUT2D eigenvalue weighted by Crippen LogP contribution is -2.38. The Morgan fingerprint density at radius 1 is 1.25 bits per heavy atom. The van der Waals surface area contributed by atoms with Crippen molar-refractivity contribution in [2.24, 2.45) is 0 Å². The van der Waals surface area contributed by atoms with Gasteiger partial charge in [-0.15, -0.1) is 11.3 Å². The molecule has 0 spiro atoms. The molecule has 0 fully saturated rings. The quantitative estimate of drug-likeness (QED) is 0.422. The van der Waals surface area contributed by atoms with Crippen molar-refractivity contribution in [1.29, 1.82) is 0 Å². The third kappa shape index (κ3) is 4.21. The molecule has 0 aliphatic heterocycles. The summed E-state index contributed by atoms with van der Waals surface area (Å²) in [6.45, 7) is 1.73. The van der Waals surface area contributed by atoms with Gasteiger partial charge in [0.1, 0.15) is 21.3 Å². The van der Waals surface area contributed by atoms with Gasteiger partial charge in [0.05, 0.1) is 11.0 Å². The van der Waals surface area contributed by atoms with Crippen molar-refractivity contribution in [3.8, 4) is 0 Å². The zero-order chi connectivity index (χ0) is 23.0. The van der Waals surface area contributed by atoms with E-state index < -0.39 is 17.1 Å². The summed E-state index contributed by atoms with van der Waals surface area (Å²) in [5.74, 6) is -0.491. The van der Waals surface area contributed by atoms with Crippen molar-refractivity contribution in [1.82, 2.24) is 19.3 Å². The van der Waals surface area contributed by atoms with E-state index in [9.17, 15) is 18.8 Å². The van der Waals surface area contributed by atoms with Crippen LogP contribution in [0.25, 0.3) is 4.83 Å². The zero-order valence-corrected chi connectivity index (χ0v) is 19.2. The van der Waals surface area contributed by atoms with Crippen molar-refractivity contribution in [2.75, 3.05) is 5.73 Å². The molecule has 164 valence electrons. The molecule has 0 saturated heterocycles. The van der Waals surface area contributed by atoms with Gasteiger partial charge in [0.25, 0.3) is 11.5 Å². The number of hydrogen-bond acceptors (Lipinski definition) is 6. The van der Waals surface area contributed by atoms with Gasteiger partial charge in [-0.2, -0.15) is 0 Å². The van der Waals surface area contributed by atoms with Gasteiger partial charge in [0.15, 0.2) is 0 Å². The van der Waals surface area contributed by atoms with Gasteiger partial charge in [-0.3, -0.25) is 18.6 Å². The lowest BCUT2D eigenvalue weighted by Gasteiger charge is -2.08. The Bertz CT molecular complexity index is 1460. The van der Waals surface area contributed by atoms with E-state index in [1.54, 1.807) is 31.3 Å². The predicted molar refractivity (Wildman–Crippen MR) is 124 cm³/mol. The highest BCUT2D eigenvalue weighted by Gasteiger charge is 2.18. The summed E-state index contributed by atoms with van der Waals surface area (Å²) in [7, 11) is 0. The number of hydrogen-bond donors (Lipinski definition) is 2. The first-order valence-corrected chi connectivity index (χ1v) is 11.0. The summed E-state index contributed by atoms with van der Waals surface area (Å²) in [6, 6.07) is 7.79. The average molecular weight is 518 g/mol. The lowest BCUT2D eigenvalue weighted by molar-refractivity contribution is 0.0954. The fourth-order valence-corrected chi connectivity index (χ4v) is 4.39. The summed E-state index contributed by atoms with van der Waals surface area (Å²) in [5.41, 5.74) is 6.03. The van der Waals surface area contributed by atoms with Crippen LogP contribution in [0.3, 0.4) is 0 Å². The van der Waals surface area contributed by atoms with E-state index in [0.29, 0.717) is 26.2 Å². The van der Waals surface area contributed by atoms with E-state index in [-0.39, 0.29) is 23.9 Å². The molecule has 1 amide bonds. The lowest BCUT2D eigenvalue weighted by atomic mass is 10.2. The molecule has 3 heterocycles. The second kappa shape index (κ2) is 8.67. The fraction of sp³-hybridized carbons (Fsp3) is 0.143. The Labute approximate surface area is 193 Å². The number of nitrogens with one attached hydrogen (secondary N) is 1. The zero-order valence-electron chi connectivity index (χ0n) is 16.8. The van der Waals surface area contributed by atoms with Crippen LogP contribution in [-0.2, 0) is 13.1 Å². The third-order valence-electron chi connectivity index (χ3n) is 4.84. The third-order valence-corrected chi connectivity index (χ3v) is 6.69. The number of nitrogens with two attached hydrogens (primary N) is 1. The molecule has 32 heavy (non-hydrogen) atoms. The highest BCUT2D eigenvalue weighted by molar-refractivity contribution is 9.10. The number of pyridine rings is 1. The second-order valence-electron chi connectivity index (χ2n) is 7.09. The first-order valence-electron chi connectivity index (χ1n) is 9.42. The van der Waals surface area contributed by atoms with Crippen LogP contribution in [0.4, 0.5) is 10.2 Å². The molecule has 0 saturated carbocycles. The number of thiazole rings is 1. The monoisotopic (exact) mass is 517 g/mol. The van der Waals surface area contributed by atoms with Crippen molar-refractivity contribution in [3.05, 3.63) is 95.4 Å². The van der Waals surface area contributed by atoms with Gasteiger partial charge in [0.2, 0.25) is 0 Å². The number of aryl methyl sites for hydroxylation is 1. The van der Waals surface area contributed by atoms with Crippen LogP contribution >= 0.6 is 27.3 Å². The molecule has 0 unspecified atom stereocenters. The minimum atomic E-state index is -0.600. The van der Waals surface area contributed by atoms with E-state index in [4.69, 9.17) is 5.73 Å². The minimum Gasteiger partial charge on any atom is -0.384 e. The normalized spacial score (nSPS) is 11.1. The molecule has 3 aromatic heterocycles. The smallest absolute Gasteiger partial charge is 0.336 e. The van der Waals surface area contributed by atoms with E-state index in [0.717, 1.165) is 21.5 Å². The number of benzene rings is 1. The summed E-state index contributed by atoms with van der Waals surface area (Å²) in [5, 5.41) is 2.76. The highest BCUT2D eigenvalue weighted by Crippen LogP contribution is 2.19. The van der Waals surface area contributed by atoms with Gasteiger partial charge < -0.3 is 11.1 Å². The topological polar surface area (TPSA) is 111 Å². The van der Waals surface area contributed by atoms with Crippen LogP contribution in [0.5, 0.6) is 0 Å². The number of nitrogen functional groups attached to an aromatic ring is 1. The molecule has 4 aromatic rings. The first-order chi connectivity index (χ1) is 15.2. The molecule has 0 aliphatic carbocycles. The summed E-state index contributed by atoms with van der Waals surface area (Å²) < 4.78 is 16.4. The van der Waals surface area contributed by atoms with Crippen LogP contribution in [-0.4, -0.2) is 19.9 Å². The Balaban J connectivity index is 1.65. The van der Waals surface area contributed by atoms with E-state index in [2.05, 4.69) is 26.2 Å². The summed E-state index contributed by atoms with van der Waals surface area (Å²) >= 11 is 4.13. The number of anilines is 1. The number of aromatic nitrogens is 3. The maximum atomic E-state index is 13.9. The van der Waals surface area contributed by atoms with Crippen LogP contribution in [0, 0.1) is 12.7 Å². The van der Waals surface area contributed by atoms with E-state index in [1.807, 2.05) is 0 Å². The van der Waals surface area contributed by atoms with Crippen molar-refractivity contribution in [2.45, 2.75) is 20.0 Å². The molecule has 1 aromatic carbocycles. The number of halogens is 2. The molecular formula is C21H17BrFN5O3S. The Hall–Kier alpha value is -3.31. The molecule has 0 radical (unpaired) electrons. The summed E-state index contributed by atoms with van der Waals surface area (Å²) in [6.07, 6.45) is 2.97. The van der Waals surface area contributed by atoms with Gasteiger partial charge in [-0.25, -0.2) is 14.2 Å². The van der Waals surface area contributed by atoms with Crippen LogP contribution in [0.2, 0.25) is 0 Å². The molecule has 0 aliphatic rings. The van der Waals surface area contributed by atoms with Crippen LogP contribution in [0.15, 0.2) is 56.8 Å². The Morgan fingerprint density at radius 2 is 2.00 bits per heavy atom. The predicted octanol–water partition coefficient (Wildman–Crippen LogP) is 2.69. The Kier molecular flexibility index (Phi) is 5.94. The fourth-order valence-electron chi connectivity index (χ4n) is 3.14. The van der Waals surface area contributed by atoms with Gasteiger partial charge in [-0.05, 0) is 52.2 Å². The maximum Gasteiger partial charge on any atom is 0.336 e. The molecule has 3 N–H and O–H groups in total. The molecule has 8 nitrogen and oxygen atoms in total. The molecule has 0 bridgehead atoms. The van der Waals surface area contributed by atoms with Gasteiger partial charge >= 0.3 is 5.69 Å². The largest absolute Gasteiger partial charge is 0.384 e. The molecule has 0 atom stereocenters. The molecule has 11 heteroatoms. The highest BCUT2D eigenvalue weighted by atomic mass is 79.9. The van der Waals surface area contributed by atoms with Gasteiger partial charge in [0, 0.05) is 24.5 Å². The second-order valence-corrected chi connectivity index (χ2v) is 8.98.